The van der Waals surface area contributed by atoms with Crippen LogP contribution < -0.4 is 10.8 Å². The highest BCUT2D eigenvalue weighted by atomic mass is 16.7. The van der Waals surface area contributed by atoms with Crippen molar-refractivity contribution in [2.75, 3.05) is 6.61 Å². The van der Waals surface area contributed by atoms with Gasteiger partial charge in [-0.1, -0.05) is 48.5 Å². The first kappa shape index (κ1) is 23.1. The Kier molecular flexibility index (Phi) is 7.26. The van der Waals surface area contributed by atoms with E-state index < -0.39 is 24.0 Å². The topological polar surface area (TPSA) is 118 Å². The Morgan fingerprint density at radius 2 is 1.82 bits per heavy atom. The van der Waals surface area contributed by atoms with Gasteiger partial charge in [-0.2, -0.15) is 5.10 Å². The largest absolute Gasteiger partial charge is 0.381 e. The molecule has 2 unspecified atom stereocenters. The van der Waals surface area contributed by atoms with E-state index in [1.165, 1.54) is 0 Å². The summed E-state index contributed by atoms with van der Waals surface area (Å²) in [6.45, 7) is 1.95. The third-order valence-corrected chi connectivity index (χ3v) is 5.24. The van der Waals surface area contributed by atoms with Gasteiger partial charge in [0, 0.05) is 17.8 Å². The Balaban J connectivity index is 1.61. The summed E-state index contributed by atoms with van der Waals surface area (Å²) in [7, 11) is 0. The van der Waals surface area contributed by atoms with Crippen LogP contribution in [-0.4, -0.2) is 50.4 Å². The van der Waals surface area contributed by atoms with Gasteiger partial charge in [0.05, 0.1) is 23.7 Å². The number of nitrogens with one attached hydrogen (secondary N) is 2. The molecule has 0 spiro atoms. The van der Waals surface area contributed by atoms with Gasteiger partial charge in [-0.3, -0.25) is 14.4 Å². The van der Waals surface area contributed by atoms with Crippen molar-refractivity contribution >= 4 is 22.7 Å². The molecule has 0 radical (unpaired) electrons. The standard InChI is InChI=1S/C25H25N5O4/c1-2-34-29-25(33)22(31)21(15-17-9-4-3-5-10-17)27-24(32)19-12-8-14-26-23(19)30-16-18-11-6-7-13-20(18)28-30/h3-14,16,21-22,31H,2,15H2,1H3,(H,27,32)(H,29,33). The van der Waals surface area contributed by atoms with Crippen LogP contribution in [0.4, 0.5) is 0 Å². The molecule has 0 aliphatic carbocycles. The number of pyridine rings is 1. The number of carbonyl (C=O) groups excluding carboxylic acids is 2. The highest BCUT2D eigenvalue weighted by Gasteiger charge is 2.29. The number of nitrogens with zero attached hydrogens (tertiary/aromatic N) is 3. The van der Waals surface area contributed by atoms with Crippen molar-refractivity contribution in [2.24, 2.45) is 0 Å². The molecule has 174 valence electrons. The van der Waals surface area contributed by atoms with Gasteiger partial charge in [0.25, 0.3) is 11.8 Å². The molecule has 2 aromatic heterocycles. The summed E-state index contributed by atoms with van der Waals surface area (Å²) in [6, 6.07) is 19.2. The number of aromatic nitrogens is 3. The highest BCUT2D eigenvalue weighted by Crippen LogP contribution is 2.17. The van der Waals surface area contributed by atoms with Crippen molar-refractivity contribution in [1.29, 1.82) is 0 Å². The van der Waals surface area contributed by atoms with Gasteiger partial charge in [0.15, 0.2) is 11.9 Å². The maximum atomic E-state index is 13.3. The van der Waals surface area contributed by atoms with Crippen LogP contribution in [-0.2, 0) is 16.1 Å². The zero-order valence-corrected chi connectivity index (χ0v) is 18.6. The lowest BCUT2D eigenvalue weighted by Gasteiger charge is -2.24. The first-order chi connectivity index (χ1) is 16.6. The number of amides is 2. The van der Waals surface area contributed by atoms with E-state index in [9.17, 15) is 14.7 Å². The molecular formula is C25H25N5O4. The van der Waals surface area contributed by atoms with Gasteiger partial charge in [0.1, 0.15) is 0 Å². The summed E-state index contributed by atoms with van der Waals surface area (Å²) in [4.78, 5) is 35.0. The second-order valence-corrected chi connectivity index (χ2v) is 7.62. The van der Waals surface area contributed by atoms with Crippen molar-refractivity contribution in [1.82, 2.24) is 25.6 Å². The number of hydrogen-bond acceptors (Lipinski definition) is 6. The molecule has 0 saturated heterocycles. The van der Waals surface area contributed by atoms with Gasteiger partial charge in [-0.25, -0.2) is 15.1 Å². The van der Waals surface area contributed by atoms with Crippen molar-refractivity contribution in [3.8, 4) is 5.82 Å². The van der Waals surface area contributed by atoms with E-state index in [4.69, 9.17) is 4.84 Å². The average Bonchev–Trinajstić information content (AvgIpc) is 3.31. The summed E-state index contributed by atoms with van der Waals surface area (Å²) in [6.07, 6.45) is 2.06. The first-order valence-electron chi connectivity index (χ1n) is 10.9. The zero-order chi connectivity index (χ0) is 23.9. The van der Waals surface area contributed by atoms with Crippen LogP contribution in [0.1, 0.15) is 22.8 Å². The van der Waals surface area contributed by atoms with Gasteiger partial charge in [-0.15, -0.1) is 0 Å². The Labute approximate surface area is 196 Å². The molecule has 4 aromatic rings. The monoisotopic (exact) mass is 459 g/mol. The summed E-state index contributed by atoms with van der Waals surface area (Å²) in [5.41, 5.74) is 4.07. The van der Waals surface area contributed by atoms with Gasteiger partial charge in [0.2, 0.25) is 0 Å². The lowest BCUT2D eigenvalue weighted by Crippen LogP contribution is -2.51. The molecule has 3 N–H and O–H groups in total. The molecule has 0 aliphatic rings. The van der Waals surface area contributed by atoms with Crippen molar-refractivity contribution in [3.63, 3.8) is 0 Å². The maximum absolute atomic E-state index is 13.3. The number of aliphatic hydroxyl groups is 1. The quantitative estimate of drug-likeness (QED) is 0.330. The van der Waals surface area contributed by atoms with Crippen molar-refractivity contribution in [2.45, 2.75) is 25.5 Å². The normalized spacial score (nSPS) is 12.8. The van der Waals surface area contributed by atoms with E-state index in [2.05, 4.69) is 20.9 Å². The number of hydroxylamine groups is 1. The third-order valence-electron chi connectivity index (χ3n) is 5.24. The smallest absolute Gasteiger partial charge is 0.274 e. The zero-order valence-electron chi connectivity index (χ0n) is 18.6. The van der Waals surface area contributed by atoms with Gasteiger partial charge in [-0.05, 0) is 37.1 Å². The van der Waals surface area contributed by atoms with E-state index in [1.807, 2.05) is 54.6 Å². The first-order valence-corrected chi connectivity index (χ1v) is 10.9. The molecule has 0 bridgehead atoms. The Morgan fingerprint density at radius 3 is 2.59 bits per heavy atom. The van der Waals surface area contributed by atoms with Crippen LogP contribution in [0.15, 0.2) is 79.1 Å². The minimum atomic E-state index is -1.54. The van der Waals surface area contributed by atoms with Gasteiger partial charge >= 0.3 is 0 Å². The second kappa shape index (κ2) is 10.7. The van der Waals surface area contributed by atoms with Gasteiger partial charge < -0.3 is 10.4 Å². The van der Waals surface area contributed by atoms with E-state index in [-0.39, 0.29) is 18.6 Å². The predicted molar refractivity (Wildman–Crippen MR) is 126 cm³/mol. The number of fused-ring (bicyclic) bond motifs is 1. The van der Waals surface area contributed by atoms with Crippen LogP contribution in [0.3, 0.4) is 0 Å². The van der Waals surface area contributed by atoms with Crippen molar-refractivity contribution < 1.29 is 19.5 Å². The molecular weight excluding hydrogens is 434 g/mol. The summed E-state index contributed by atoms with van der Waals surface area (Å²) < 4.78 is 1.55. The number of aliphatic hydroxyl groups excluding tert-OH is 1. The lowest BCUT2D eigenvalue weighted by atomic mass is 10.00. The van der Waals surface area contributed by atoms with Crippen LogP contribution in [0.2, 0.25) is 0 Å². The SMILES string of the molecule is CCONC(=O)C(O)C(Cc1ccccc1)NC(=O)c1cccnc1-n1cc2ccccc2n1. The van der Waals surface area contributed by atoms with Crippen molar-refractivity contribution in [3.05, 3.63) is 90.3 Å². The number of rotatable bonds is 9. The van der Waals surface area contributed by atoms with E-state index in [1.54, 1.807) is 36.1 Å². The molecule has 2 amide bonds. The number of carbonyl (C=O) groups is 2. The Morgan fingerprint density at radius 1 is 1.06 bits per heavy atom. The maximum Gasteiger partial charge on any atom is 0.274 e. The predicted octanol–water partition coefficient (Wildman–Crippen LogP) is 2.19. The number of benzene rings is 2. The van der Waals surface area contributed by atoms with Crippen LogP contribution in [0, 0.1) is 0 Å². The van der Waals surface area contributed by atoms with E-state index in [0.717, 1.165) is 16.5 Å². The fourth-order valence-electron chi connectivity index (χ4n) is 3.57. The van der Waals surface area contributed by atoms with Crippen LogP contribution in [0.5, 0.6) is 0 Å². The molecule has 2 atom stereocenters. The number of hydrogen-bond donors (Lipinski definition) is 3. The molecule has 0 aliphatic heterocycles. The summed E-state index contributed by atoms with van der Waals surface area (Å²) in [5, 5.41) is 18.9. The molecule has 2 aromatic carbocycles. The third kappa shape index (κ3) is 5.28. The second-order valence-electron chi connectivity index (χ2n) is 7.62. The summed E-state index contributed by atoms with van der Waals surface area (Å²) >= 11 is 0. The van der Waals surface area contributed by atoms with Crippen LogP contribution in [0.25, 0.3) is 16.7 Å². The molecule has 2 heterocycles. The van der Waals surface area contributed by atoms with E-state index >= 15 is 0 Å². The molecule has 0 fully saturated rings. The molecule has 34 heavy (non-hydrogen) atoms. The van der Waals surface area contributed by atoms with Crippen LogP contribution >= 0.6 is 0 Å². The average molecular weight is 460 g/mol. The Bertz CT molecular complexity index is 1240. The lowest BCUT2D eigenvalue weighted by molar-refractivity contribution is -0.143. The van der Waals surface area contributed by atoms with E-state index in [0.29, 0.717) is 5.82 Å². The molecule has 9 nitrogen and oxygen atoms in total. The molecule has 4 rings (SSSR count). The fourth-order valence-corrected chi connectivity index (χ4v) is 3.57. The molecule has 0 saturated carbocycles. The molecule has 9 heteroatoms. The highest BCUT2D eigenvalue weighted by molar-refractivity contribution is 5.98. The Hall–Kier alpha value is -4.08. The fraction of sp³-hybridized carbons (Fsp3) is 0.200. The minimum Gasteiger partial charge on any atom is -0.381 e. The summed E-state index contributed by atoms with van der Waals surface area (Å²) in [5.74, 6) is -0.900. The minimum absolute atomic E-state index is 0.231.